The third-order valence-corrected chi connectivity index (χ3v) is 7.31. The van der Waals surface area contributed by atoms with Crippen molar-refractivity contribution in [2.24, 2.45) is 0 Å². The van der Waals surface area contributed by atoms with Crippen molar-refractivity contribution in [3.05, 3.63) is 101 Å². The first-order chi connectivity index (χ1) is 17.8. The molecular formula is C31H30ClF2NO3. The number of anilines is 2. The van der Waals surface area contributed by atoms with Crippen LogP contribution in [0.4, 0.5) is 20.2 Å². The van der Waals surface area contributed by atoms with Crippen LogP contribution in [0.5, 0.6) is 5.75 Å². The lowest BCUT2D eigenvalue weighted by atomic mass is 9.90. The van der Waals surface area contributed by atoms with Gasteiger partial charge in [-0.3, -0.25) is 0 Å². The fraction of sp³-hybridized carbons (Fsp3) is 0.258. The van der Waals surface area contributed by atoms with Crippen LogP contribution in [0.25, 0.3) is 10.8 Å². The molecule has 1 unspecified atom stereocenters. The van der Waals surface area contributed by atoms with Crippen LogP contribution in [-0.4, -0.2) is 23.7 Å². The molecule has 0 bridgehead atoms. The number of rotatable bonds is 7. The number of para-hydroxylation sites is 1. The van der Waals surface area contributed by atoms with Crippen molar-refractivity contribution in [2.75, 3.05) is 11.4 Å². The number of ether oxygens (including phenoxy) is 1. The minimum Gasteiger partial charge on any atom is -0.486 e. The van der Waals surface area contributed by atoms with E-state index in [0.717, 1.165) is 25.3 Å². The molecule has 38 heavy (non-hydrogen) atoms. The second-order valence-corrected chi connectivity index (χ2v) is 9.71. The number of carbonyl (C=O) groups is 1. The van der Waals surface area contributed by atoms with Crippen LogP contribution in [0, 0.1) is 18.6 Å². The van der Waals surface area contributed by atoms with Crippen molar-refractivity contribution in [1.82, 2.24) is 0 Å². The van der Waals surface area contributed by atoms with Gasteiger partial charge < -0.3 is 14.7 Å². The van der Waals surface area contributed by atoms with Crippen molar-refractivity contribution < 1.29 is 23.4 Å². The second-order valence-electron chi connectivity index (χ2n) is 9.71. The Labute approximate surface area is 227 Å². The summed E-state index contributed by atoms with van der Waals surface area (Å²) in [6.07, 6.45) is 2.37. The number of fused-ring (bicyclic) bond motifs is 2. The highest BCUT2D eigenvalue weighted by molar-refractivity contribution is 5.92. The summed E-state index contributed by atoms with van der Waals surface area (Å²) in [6, 6.07) is 22.1. The molecule has 0 fully saturated rings. The lowest BCUT2D eigenvalue weighted by molar-refractivity contribution is 0.0691. The molecule has 0 saturated carbocycles. The van der Waals surface area contributed by atoms with Crippen LogP contribution >= 0.6 is 12.4 Å². The Morgan fingerprint density at radius 3 is 2.55 bits per heavy atom. The number of carboxylic acids is 1. The Bertz CT molecular complexity index is 1470. The first kappa shape index (κ1) is 27.4. The van der Waals surface area contributed by atoms with E-state index < -0.39 is 23.2 Å². The third kappa shape index (κ3) is 5.18. The van der Waals surface area contributed by atoms with E-state index in [-0.39, 0.29) is 29.8 Å². The summed E-state index contributed by atoms with van der Waals surface area (Å²) < 4.78 is 35.4. The van der Waals surface area contributed by atoms with Gasteiger partial charge in [0.2, 0.25) is 0 Å². The van der Waals surface area contributed by atoms with Crippen molar-refractivity contribution in [3.8, 4) is 5.75 Å². The largest absolute Gasteiger partial charge is 0.486 e. The number of nitrogens with zero attached hydrogens (tertiary/aromatic N) is 1. The molecule has 5 rings (SSSR count). The summed E-state index contributed by atoms with van der Waals surface area (Å²) in [6.45, 7) is 4.12. The molecular weight excluding hydrogens is 508 g/mol. The van der Waals surface area contributed by atoms with Crippen molar-refractivity contribution in [1.29, 1.82) is 0 Å². The molecule has 1 N–H and O–H groups in total. The SMILES string of the molecule is Cc1c(N2CC(CCC[C@H](C)c3cccc4ccccc34)Oc3cccc(F)c32)ccc(F)c1C(=O)O.Cl. The fourth-order valence-electron chi connectivity index (χ4n) is 5.44. The monoisotopic (exact) mass is 537 g/mol. The van der Waals surface area contributed by atoms with Gasteiger partial charge >= 0.3 is 5.97 Å². The maximum Gasteiger partial charge on any atom is 0.339 e. The van der Waals surface area contributed by atoms with Crippen LogP contribution < -0.4 is 9.64 Å². The predicted molar refractivity (Wildman–Crippen MR) is 149 cm³/mol. The van der Waals surface area contributed by atoms with E-state index >= 15 is 0 Å². The molecule has 198 valence electrons. The van der Waals surface area contributed by atoms with E-state index in [4.69, 9.17) is 4.74 Å². The van der Waals surface area contributed by atoms with Crippen LogP contribution in [-0.2, 0) is 0 Å². The maximum absolute atomic E-state index is 15.0. The number of benzene rings is 4. The maximum atomic E-state index is 15.0. The number of aromatic carboxylic acids is 1. The lowest BCUT2D eigenvalue weighted by Crippen LogP contribution is -2.38. The van der Waals surface area contributed by atoms with Gasteiger partial charge in [-0.15, -0.1) is 12.4 Å². The average molecular weight is 538 g/mol. The zero-order chi connectivity index (χ0) is 26.1. The molecule has 0 amide bonds. The van der Waals surface area contributed by atoms with Gasteiger partial charge in [0.25, 0.3) is 0 Å². The van der Waals surface area contributed by atoms with E-state index in [1.807, 2.05) is 6.07 Å². The molecule has 0 saturated heterocycles. The number of hydrogen-bond donors (Lipinski definition) is 1. The van der Waals surface area contributed by atoms with Crippen LogP contribution in [0.3, 0.4) is 0 Å². The fourth-order valence-corrected chi connectivity index (χ4v) is 5.44. The van der Waals surface area contributed by atoms with E-state index in [9.17, 15) is 18.7 Å². The highest BCUT2D eigenvalue weighted by atomic mass is 35.5. The summed E-state index contributed by atoms with van der Waals surface area (Å²) in [4.78, 5) is 13.4. The number of carboxylic acid groups (broad SMARTS) is 1. The summed E-state index contributed by atoms with van der Waals surface area (Å²) in [7, 11) is 0. The number of halogens is 3. The molecule has 2 atom stereocenters. The topological polar surface area (TPSA) is 49.8 Å². The van der Waals surface area contributed by atoms with Gasteiger partial charge in [0.15, 0.2) is 5.82 Å². The Morgan fingerprint density at radius 2 is 1.76 bits per heavy atom. The minimum absolute atomic E-state index is 0. The van der Waals surface area contributed by atoms with E-state index in [1.165, 1.54) is 28.5 Å². The van der Waals surface area contributed by atoms with Crippen molar-refractivity contribution in [3.63, 3.8) is 0 Å². The average Bonchev–Trinajstić information content (AvgIpc) is 2.88. The van der Waals surface area contributed by atoms with E-state index in [2.05, 4.69) is 43.3 Å². The van der Waals surface area contributed by atoms with Gasteiger partial charge in [-0.1, -0.05) is 55.5 Å². The molecule has 0 aromatic heterocycles. The quantitative estimate of drug-likeness (QED) is 0.257. The molecule has 1 heterocycles. The zero-order valence-electron chi connectivity index (χ0n) is 21.3. The van der Waals surface area contributed by atoms with Crippen LogP contribution in [0.15, 0.2) is 72.8 Å². The Morgan fingerprint density at radius 1 is 1.03 bits per heavy atom. The third-order valence-electron chi connectivity index (χ3n) is 7.31. The molecule has 4 nitrogen and oxygen atoms in total. The van der Waals surface area contributed by atoms with Gasteiger partial charge in [-0.2, -0.15) is 0 Å². The number of hydrogen-bond acceptors (Lipinski definition) is 3. The van der Waals surface area contributed by atoms with Crippen molar-refractivity contribution >= 4 is 40.5 Å². The van der Waals surface area contributed by atoms with Crippen LogP contribution in [0.1, 0.15) is 53.6 Å². The first-order valence-electron chi connectivity index (χ1n) is 12.6. The molecule has 0 aliphatic carbocycles. The summed E-state index contributed by atoms with van der Waals surface area (Å²) in [5, 5.41) is 12.0. The Kier molecular flexibility index (Phi) is 8.22. The molecule has 1 aliphatic rings. The highest BCUT2D eigenvalue weighted by Crippen LogP contribution is 2.43. The van der Waals surface area contributed by atoms with Gasteiger partial charge in [0, 0.05) is 5.69 Å². The normalized spacial score (nSPS) is 15.4. The van der Waals surface area contributed by atoms with Gasteiger partial charge in [0.05, 0.1) is 6.54 Å². The summed E-state index contributed by atoms with van der Waals surface area (Å²) in [5.74, 6) is -1.87. The lowest BCUT2D eigenvalue weighted by Gasteiger charge is -2.37. The van der Waals surface area contributed by atoms with Gasteiger partial charge in [0.1, 0.15) is 28.9 Å². The molecule has 7 heteroatoms. The predicted octanol–water partition coefficient (Wildman–Crippen LogP) is 8.42. The summed E-state index contributed by atoms with van der Waals surface area (Å²) >= 11 is 0. The van der Waals surface area contributed by atoms with E-state index in [1.54, 1.807) is 24.0 Å². The molecule has 1 aliphatic heterocycles. The van der Waals surface area contributed by atoms with Crippen molar-refractivity contribution in [2.45, 2.75) is 45.1 Å². The van der Waals surface area contributed by atoms with Gasteiger partial charge in [-0.05, 0) is 78.3 Å². The van der Waals surface area contributed by atoms with Gasteiger partial charge in [-0.25, -0.2) is 13.6 Å². The Hall–Kier alpha value is -3.64. The molecule has 0 radical (unpaired) electrons. The first-order valence-corrected chi connectivity index (χ1v) is 12.6. The smallest absolute Gasteiger partial charge is 0.339 e. The van der Waals surface area contributed by atoms with E-state index in [0.29, 0.717) is 23.9 Å². The summed E-state index contributed by atoms with van der Waals surface area (Å²) in [5.41, 5.74) is 1.88. The highest BCUT2D eigenvalue weighted by Gasteiger charge is 2.31. The second kappa shape index (κ2) is 11.4. The standard InChI is InChI=1S/C31H29F2NO3.ClH/c1-19(23-13-6-10-21-9-3-4-12-24(21)23)8-5-11-22-18-34(30-26(33)14-7-15-28(30)37-22)27-17-16-25(32)29(20(27)2)31(35)36;/h3-4,6-7,9-10,12-17,19,22H,5,8,11,18H2,1-2H3,(H,35,36);1H/t19-,22?;/m0./s1. The zero-order valence-corrected chi connectivity index (χ0v) is 22.1. The molecule has 4 aromatic carbocycles. The Balaban J connectivity index is 0.00000336. The molecule has 0 spiro atoms. The minimum atomic E-state index is -1.35. The molecule has 4 aromatic rings. The van der Waals surface area contributed by atoms with Crippen LogP contribution in [0.2, 0.25) is 0 Å².